The number of nitrogens with one attached hydrogen (secondary N) is 1. The van der Waals surface area contributed by atoms with Crippen molar-refractivity contribution in [3.05, 3.63) is 108 Å². The Labute approximate surface area is 168 Å². The van der Waals surface area contributed by atoms with Gasteiger partial charge in [-0.2, -0.15) is 0 Å². The number of anilines is 1. The van der Waals surface area contributed by atoms with Gasteiger partial charge in [-0.3, -0.25) is 9.59 Å². The van der Waals surface area contributed by atoms with E-state index in [1.807, 2.05) is 78.9 Å². The maximum absolute atomic E-state index is 12.3. The van der Waals surface area contributed by atoms with Crippen molar-refractivity contribution >= 4 is 40.6 Å². The lowest BCUT2D eigenvalue weighted by Crippen LogP contribution is -2.08. The van der Waals surface area contributed by atoms with Gasteiger partial charge in [0.15, 0.2) is 0 Å². The SMILES string of the molecule is O=C(/C=C/c1ccccc1)Nc1ccccc1SC(=O)/C=C/c1ccccc1. The van der Waals surface area contributed by atoms with E-state index in [1.165, 1.54) is 12.2 Å². The van der Waals surface area contributed by atoms with Gasteiger partial charge in [0.25, 0.3) is 0 Å². The largest absolute Gasteiger partial charge is 0.321 e. The number of carbonyl (C=O) groups excluding carboxylic acids is 2. The van der Waals surface area contributed by atoms with Gasteiger partial charge in [-0.25, -0.2) is 0 Å². The molecule has 28 heavy (non-hydrogen) atoms. The van der Waals surface area contributed by atoms with Gasteiger partial charge >= 0.3 is 0 Å². The predicted molar refractivity (Wildman–Crippen MR) is 117 cm³/mol. The molecule has 0 atom stereocenters. The van der Waals surface area contributed by atoms with E-state index in [2.05, 4.69) is 5.32 Å². The van der Waals surface area contributed by atoms with Crippen LogP contribution in [0.3, 0.4) is 0 Å². The van der Waals surface area contributed by atoms with Crippen LogP contribution in [0.2, 0.25) is 0 Å². The van der Waals surface area contributed by atoms with Crippen LogP contribution < -0.4 is 5.32 Å². The molecule has 0 aliphatic heterocycles. The first kappa shape index (κ1) is 19.4. The number of rotatable bonds is 6. The fourth-order valence-corrected chi connectivity index (χ4v) is 3.17. The van der Waals surface area contributed by atoms with E-state index in [0.29, 0.717) is 10.6 Å². The average Bonchev–Trinajstić information content (AvgIpc) is 2.74. The van der Waals surface area contributed by atoms with E-state index in [-0.39, 0.29) is 11.0 Å². The number of thioether (sulfide) groups is 1. The van der Waals surface area contributed by atoms with E-state index in [1.54, 1.807) is 18.2 Å². The third-order valence-electron chi connectivity index (χ3n) is 3.79. The highest BCUT2D eigenvalue weighted by Gasteiger charge is 2.08. The summed E-state index contributed by atoms with van der Waals surface area (Å²) < 4.78 is 0. The Morgan fingerprint density at radius 3 is 1.86 bits per heavy atom. The lowest BCUT2D eigenvalue weighted by Gasteiger charge is -2.07. The summed E-state index contributed by atoms with van der Waals surface area (Å²) in [5, 5.41) is 2.73. The van der Waals surface area contributed by atoms with Crippen LogP contribution in [0, 0.1) is 0 Å². The van der Waals surface area contributed by atoms with Crippen LogP contribution in [-0.2, 0) is 9.59 Å². The van der Waals surface area contributed by atoms with E-state index >= 15 is 0 Å². The molecule has 0 spiro atoms. The molecule has 0 aromatic heterocycles. The van der Waals surface area contributed by atoms with Crippen LogP contribution in [0.4, 0.5) is 5.69 Å². The van der Waals surface area contributed by atoms with Crippen LogP contribution in [-0.4, -0.2) is 11.0 Å². The molecule has 0 heterocycles. The smallest absolute Gasteiger partial charge is 0.248 e. The minimum atomic E-state index is -0.246. The summed E-state index contributed by atoms with van der Waals surface area (Å²) in [7, 11) is 0. The van der Waals surface area contributed by atoms with Crippen LogP contribution >= 0.6 is 11.8 Å². The molecular formula is C24H19NO2S. The van der Waals surface area contributed by atoms with Gasteiger partial charge in [0.2, 0.25) is 11.0 Å². The number of benzene rings is 3. The highest BCUT2D eigenvalue weighted by molar-refractivity contribution is 8.14. The molecule has 1 amide bonds. The Bertz CT molecular complexity index is 913. The third-order valence-corrected chi connectivity index (χ3v) is 4.71. The summed E-state index contributed by atoms with van der Waals surface area (Å²) in [5.74, 6) is -0.246. The molecular weight excluding hydrogens is 366 g/mol. The topological polar surface area (TPSA) is 46.2 Å². The minimum absolute atomic E-state index is 0.106. The van der Waals surface area contributed by atoms with Crippen LogP contribution in [0.1, 0.15) is 11.1 Å². The summed E-state index contributed by atoms with van der Waals surface area (Å²) >= 11 is 1.08. The molecule has 0 bridgehead atoms. The molecule has 0 aliphatic carbocycles. The number of carbonyl (C=O) groups is 2. The monoisotopic (exact) mass is 385 g/mol. The van der Waals surface area contributed by atoms with Gasteiger partial charge in [-0.1, -0.05) is 78.9 Å². The van der Waals surface area contributed by atoms with Crippen LogP contribution in [0.25, 0.3) is 12.2 Å². The van der Waals surface area contributed by atoms with Crippen molar-refractivity contribution in [2.45, 2.75) is 4.90 Å². The zero-order valence-corrected chi connectivity index (χ0v) is 15.9. The molecule has 3 aromatic rings. The number of amides is 1. The van der Waals surface area contributed by atoms with Crippen molar-refractivity contribution in [3.8, 4) is 0 Å². The van der Waals surface area contributed by atoms with Gasteiger partial charge in [0.05, 0.1) is 5.69 Å². The van der Waals surface area contributed by atoms with E-state index in [9.17, 15) is 9.59 Å². The molecule has 3 rings (SSSR count). The number of hydrogen-bond donors (Lipinski definition) is 1. The molecule has 138 valence electrons. The molecule has 0 saturated carbocycles. The lowest BCUT2D eigenvalue weighted by molar-refractivity contribution is -0.112. The van der Waals surface area contributed by atoms with Crippen molar-refractivity contribution in [1.29, 1.82) is 0 Å². The number of para-hydroxylation sites is 1. The first-order valence-electron chi connectivity index (χ1n) is 8.79. The second-order valence-electron chi connectivity index (χ2n) is 5.89. The van der Waals surface area contributed by atoms with Crippen molar-refractivity contribution in [2.75, 3.05) is 5.32 Å². The summed E-state index contributed by atoms with van der Waals surface area (Å²) in [4.78, 5) is 25.2. The summed E-state index contributed by atoms with van der Waals surface area (Å²) in [5.41, 5.74) is 2.52. The predicted octanol–water partition coefficient (Wildman–Crippen LogP) is 5.67. The molecule has 0 unspecified atom stereocenters. The first-order chi connectivity index (χ1) is 13.7. The molecule has 3 nitrogen and oxygen atoms in total. The van der Waals surface area contributed by atoms with Crippen LogP contribution in [0.5, 0.6) is 0 Å². The summed E-state index contributed by atoms with van der Waals surface area (Å²) in [6.07, 6.45) is 6.54. The van der Waals surface area contributed by atoms with Gasteiger partial charge in [0.1, 0.15) is 0 Å². The van der Waals surface area contributed by atoms with E-state index in [0.717, 1.165) is 22.9 Å². The van der Waals surface area contributed by atoms with Crippen molar-refractivity contribution in [2.24, 2.45) is 0 Å². The second-order valence-corrected chi connectivity index (χ2v) is 6.94. The lowest BCUT2D eigenvalue weighted by atomic mass is 10.2. The van der Waals surface area contributed by atoms with Crippen molar-refractivity contribution < 1.29 is 9.59 Å². The summed E-state index contributed by atoms with van der Waals surface area (Å²) in [6.45, 7) is 0. The number of hydrogen-bond acceptors (Lipinski definition) is 3. The standard InChI is InChI=1S/C24H19NO2S/c26-23(17-15-19-9-3-1-4-10-19)25-21-13-7-8-14-22(21)28-24(27)18-16-20-11-5-2-6-12-20/h1-18H,(H,25,26)/b17-15+,18-16+. The van der Waals surface area contributed by atoms with Crippen molar-refractivity contribution in [1.82, 2.24) is 0 Å². The normalized spacial score (nSPS) is 11.0. The molecule has 0 saturated heterocycles. The maximum atomic E-state index is 12.3. The Morgan fingerprint density at radius 1 is 0.679 bits per heavy atom. The quantitative estimate of drug-likeness (QED) is 0.439. The van der Waals surface area contributed by atoms with Gasteiger partial charge < -0.3 is 5.32 Å². The Kier molecular flexibility index (Phi) is 6.99. The second kappa shape index (κ2) is 10.1. The Balaban J connectivity index is 1.64. The van der Waals surface area contributed by atoms with Crippen LogP contribution in [0.15, 0.2) is 102 Å². The Morgan fingerprint density at radius 2 is 1.21 bits per heavy atom. The fraction of sp³-hybridized carbons (Fsp3) is 0. The Hall–Kier alpha value is -3.37. The molecule has 1 N–H and O–H groups in total. The zero-order valence-electron chi connectivity index (χ0n) is 15.1. The molecule has 3 aromatic carbocycles. The average molecular weight is 385 g/mol. The highest BCUT2D eigenvalue weighted by atomic mass is 32.2. The van der Waals surface area contributed by atoms with Crippen molar-refractivity contribution in [3.63, 3.8) is 0 Å². The van der Waals surface area contributed by atoms with Gasteiger partial charge in [-0.05, 0) is 47.2 Å². The minimum Gasteiger partial charge on any atom is -0.321 e. The third kappa shape index (κ3) is 6.11. The maximum Gasteiger partial charge on any atom is 0.248 e. The van der Waals surface area contributed by atoms with Gasteiger partial charge in [-0.15, -0.1) is 0 Å². The highest BCUT2D eigenvalue weighted by Crippen LogP contribution is 2.28. The summed E-state index contributed by atoms with van der Waals surface area (Å²) in [6, 6.07) is 26.5. The van der Waals surface area contributed by atoms with E-state index < -0.39 is 0 Å². The first-order valence-corrected chi connectivity index (χ1v) is 9.60. The zero-order chi connectivity index (χ0) is 19.6. The molecule has 4 heteroatoms. The van der Waals surface area contributed by atoms with Gasteiger partial charge in [0, 0.05) is 11.0 Å². The van der Waals surface area contributed by atoms with E-state index in [4.69, 9.17) is 0 Å². The molecule has 0 fully saturated rings. The molecule has 0 aliphatic rings. The molecule has 0 radical (unpaired) electrons. The fourth-order valence-electron chi connectivity index (χ4n) is 2.44.